The molecule has 0 aromatic carbocycles. The molecule has 1 aliphatic carbocycles. The van der Waals surface area contributed by atoms with E-state index in [0.717, 1.165) is 11.1 Å². The molecular weight excluding hydrogens is 176 g/mol. The quantitative estimate of drug-likeness (QED) is 0.686. The molecule has 1 aliphatic rings. The molecule has 0 heterocycles. The molecule has 0 radical (unpaired) electrons. The lowest BCUT2D eigenvalue weighted by Gasteiger charge is -2.13. The molecule has 0 aromatic heterocycles. The minimum absolute atomic E-state index is 0.0565. The molecule has 14 heavy (non-hydrogen) atoms. The van der Waals surface area contributed by atoms with Crippen LogP contribution in [-0.4, -0.2) is 18.5 Å². The van der Waals surface area contributed by atoms with E-state index < -0.39 is 0 Å². The summed E-state index contributed by atoms with van der Waals surface area (Å²) in [6.45, 7) is 5.74. The Balaban J connectivity index is 2.66. The number of carbonyl (C=O) groups is 1. The normalized spacial score (nSPS) is 21.2. The van der Waals surface area contributed by atoms with Crippen molar-refractivity contribution >= 4 is 5.78 Å². The Morgan fingerprint density at radius 3 is 2.86 bits per heavy atom. The Morgan fingerprint density at radius 2 is 2.21 bits per heavy atom. The topological polar surface area (TPSA) is 26.3 Å². The van der Waals surface area contributed by atoms with Crippen LogP contribution in [-0.2, 0) is 9.53 Å². The fourth-order valence-corrected chi connectivity index (χ4v) is 1.26. The van der Waals surface area contributed by atoms with E-state index in [0.29, 0.717) is 0 Å². The largest absolute Gasteiger partial charge is 0.362 e. The van der Waals surface area contributed by atoms with Crippen LogP contribution in [0.1, 0.15) is 20.8 Å². The molecule has 0 amide bonds. The van der Waals surface area contributed by atoms with Crippen molar-refractivity contribution in [2.45, 2.75) is 26.9 Å². The molecule has 0 aromatic rings. The Morgan fingerprint density at radius 1 is 1.50 bits per heavy atom. The highest BCUT2D eigenvalue weighted by molar-refractivity contribution is 5.76. The average molecular weight is 192 g/mol. The van der Waals surface area contributed by atoms with Gasteiger partial charge in [-0.25, -0.2) is 0 Å². The van der Waals surface area contributed by atoms with Crippen LogP contribution in [0.5, 0.6) is 0 Å². The maximum atomic E-state index is 10.8. The predicted molar refractivity (Wildman–Crippen MR) is 57.1 cm³/mol. The minimum Gasteiger partial charge on any atom is -0.362 e. The highest BCUT2D eigenvalue weighted by atomic mass is 16.5. The third-order valence-corrected chi connectivity index (χ3v) is 2.05. The number of hydrogen-bond acceptors (Lipinski definition) is 2. The first kappa shape index (κ1) is 10.9. The standard InChI is InChI=1S/C12H16O2/c1-9-5-4-6-10(2)12(7-9)14-8-11(3)13/h4-7,12H,8H2,1-3H3. The summed E-state index contributed by atoms with van der Waals surface area (Å²) in [6.07, 6.45) is 8.00. The predicted octanol–water partition coefficient (Wildman–Crippen LogP) is 2.42. The second-order valence-corrected chi connectivity index (χ2v) is 3.61. The molecule has 1 rings (SSSR count). The first-order valence-corrected chi connectivity index (χ1v) is 4.74. The lowest BCUT2D eigenvalue weighted by Crippen LogP contribution is -2.16. The van der Waals surface area contributed by atoms with Crippen molar-refractivity contribution in [3.8, 4) is 0 Å². The third kappa shape index (κ3) is 3.30. The zero-order valence-electron chi connectivity index (χ0n) is 8.91. The van der Waals surface area contributed by atoms with Gasteiger partial charge in [0.05, 0.1) is 6.10 Å². The van der Waals surface area contributed by atoms with E-state index >= 15 is 0 Å². The smallest absolute Gasteiger partial charge is 0.155 e. The van der Waals surface area contributed by atoms with Gasteiger partial charge in [0.2, 0.25) is 0 Å². The number of ether oxygens (including phenoxy) is 1. The van der Waals surface area contributed by atoms with Crippen molar-refractivity contribution < 1.29 is 9.53 Å². The van der Waals surface area contributed by atoms with Gasteiger partial charge in [0.15, 0.2) is 5.78 Å². The monoisotopic (exact) mass is 192 g/mol. The van der Waals surface area contributed by atoms with Gasteiger partial charge in [-0.15, -0.1) is 0 Å². The molecule has 0 bridgehead atoms. The van der Waals surface area contributed by atoms with Crippen molar-refractivity contribution in [1.82, 2.24) is 0 Å². The molecule has 0 saturated heterocycles. The molecule has 0 N–H and O–H groups in total. The van der Waals surface area contributed by atoms with Gasteiger partial charge < -0.3 is 4.74 Å². The van der Waals surface area contributed by atoms with Gasteiger partial charge in [-0.1, -0.05) is 23.8 Å². The number of allylic oxidation sites excluding steroid dienone is 4. The van der Waals surface area contributed by atoms with E-state index in [1.165, 1.54) is 6.92 Å². The number of rotatable bonds is 3. The lowest BCUT2D eigenvalue weighted by molar-refractivity contribution is -0.122. The molecule has 0 aliphatic heterocycles. The second kappa shape index (κ2) is 4.91. The van der Waals surface area contributed by atoms with Gasteiger partial charge in [-0.2, -0.15) is 0 Å². The Hall–Kier alpha value is -1.15. The summed E-state index contributed by atoms with van der Waals surface area (Å²) in [5, 5.41) is 0. The summed E-state index contributed by atoms with van der Waals surface area (Å²) in [5.41, 5.74) is 2.28. The van der Waals surface area contributed by atoms with Crippen LogP contribution in [0.3, 0.4) is 0 Å². The molecule has 1 atom stereocenters. The fraction of sp³-hybridized carbons (Fsp3) is 0.417. The minimum atomic E-state index is -0.0612. The molecule has 1 unspecified atom stereocenters. The van der Waals surface area contributed by atoms with Crippen LogP contribution in [0.4, 0.5) is 0 Å². The first-order chi connectivity index (χ1) is 6.59. The van der Waals surface area contributed by atoms with Crippen LogP contribution in [0.25, 0.3) is 0 Å². The highest BCUT2D eigenvalue weighted by Gasteiger charge is 2.10. The van der Waals surface area contributed by atoms with E-state index in [4.69, 9.17) is 4.74 Å². The zero-order chi connectivity index (χ0) is 10.6. The summed E-state index contributed by atoms with van der Waals surface area (Å²) in [6, 6.07) is 0. The summed E-state index contributed by atoms with van der Waals surface area (Å²) in [7, 11) is 0. The van der Waals surface area contributed by atoms with E-state index in [2.05, 4.69) is 0 Å². The van der Waals surface area contributed by atoms with Crippen molar-refractivity contribution in [3.63, 3.8) is 0 Å². The fourth-order valence-electron chi connectivity index (χ4n) is 1.26. The van der Waals surface area contributed by atoms with E-state index in [1.54, 1.807) is 0 Å². The first-order valence-electron chi connectivity index (χ1n) is 4.74. The van der Waals surface area contributed by atoms with Gasteiger partial charge in [0.25, 0.3) is 0 Å². The summed E-state index contributed by atoms with van der Waals surface area (Å²) in [4.78, 5) is 10.8. The van der Waals surface area contributed by atoms with Crippen molar-refractivity contribution in [2.75, 3.05) is 6.61 Å². The maximum Gasteiger partial charge on any atom is 0.155 e. The molecule has 0 fully saturated rings. The van der Waals surface area contributed by atoms with E-state index in [9.17, 15) is 4.79 Å². The lowest BCUT2D eigenvalue weighted by atomic mass is 10.1. The number of Topliss-reactive ketones (excluding diaryl/α,β-unsaturated/α-hetero) is 1. The van der Waals surface area contributed by atoms with Crippen molar-refractivity contribution in [2.24, 2.45) is 0 Å². The summed E-state index contributed by atoms with van der Waals surface area (Å²) >= 11 is 0. The van der Waals surface area contributed by atoms with E-state index in [1.807, 2.05) is 38.2 Å². The SMILES string of the molecule is CC(=O)COC1C=C(C)C=CC=C1C. The van der Waals surface area contributed by atoms with Crippen LogP contribution in [0, 0.1) is 0 Å². The highest BCUT2D eigenvalue weighted by Crippen LogP contribution is 2.14. The summed E-state index contributed by atoms with van der Waals surface area (Å²) < 4.78 is 5.47. The number of ketones is 1. The Bertz CT molecular complexity index is 308. The molecule has 0 saturated carbocycles. The van der Waals surface area contributed by atoms with Gasteiger partial charge in [-0.3, -0.25) is 4.79 Å². The van der Waals surface area contributed by atoms with Crippen LogP contribution >= 0.6 is 0 Å². The van der Waals surface area contributed by atoms with Crippen molar-refractivity contribution in [3.05, 3.63) is 35.5 Å². The molecular formula is C12H16O2. The molecule has 2 nitrogen and oxygen atoms in total. The molecule has 2 heteroatoms. The van der Waals surface area contributed by atoms with E-state index in [-0.39, 0.29) is 18.5 Å². The number of carbonyl (C=O) groups excluding carboxylic acids is 1. The third-order valence-electron chi connectivity index (χ3n) is 2.05. The zero-order valence-corrected chi connectivity index (χ0v) is 8.91. The Kier molecular flexibility index (Phi) is 3.84. The maximum absolute atomic E-state index is 10.8. The second-order valence-electron chi connectivity index (χ2n) is 3.61. The number of hydrogen-bond donors (Lipinski definition) is 0. The van der Waals surface area contributed by atoms with Crippen LogP contribution in [0.2, 0.25) is 0 Å². The van der Waals surface area contributed by atoms with Crippen LogP contribution < -0.4 is 0 Å². The van der Waals surface area contributed by atoms with Gasteiger partial charge in [0, 0.05) is 0 Å². The van der Waals surface area contributed by atoms with Gasteiger partial charge >= 0.3 is 0 Å². The Labute approximate surface area is 85.0 Å². The molecule has 76 valence electrons. The molecule has 0 spiro atoms. The van der Waals surface area contributed by atoms with Gasteiger partial charge in [-0.05, 0) is 32.4 Å². The van der Waals surface area contributed by atoms with Crippen molar-refractivity contribution in [1.29, 1.82) is 0 Å². The van der Waals surface area contributed by atoms with Gasteiger partial charge in [0.1, 0.15) is 6.61 Å². The van der Waals surface area contributed by atoms with Crippen LogP contribution in [0.15, 0.2) is 35.5 Å². The summed E-state index contributed by atoms with van der Waals surface area (Å²) in [5.74, 6) is 0.0565. The average Bonchev–Trinajstić information content (AvgIpc) is 2.25.